The van der Waals surface area contributed by atoms with Crippen LogP contribution in [0.15, 0.2) is 120 Å². The van der Waals surface area contributed by atoms with Gasteiger partial charge in [-0.1, -0.05) is 79.0 Å². The van der Waals surface area contributed by atoms with Crippen LogP contribution in [0.2, 0.25) is 0 Å². The first kappa shape index (κ1) is 30.2. The van der Waals surface area contributed by atoms with Crippen molar-refractivity contribution >= 4 is 17.0 Å². The number of hydrogen-bond acceptors (Lipinski definition) is 4. The van der Waals surface area contributed by atoms with Crippen LogP contribution in [0.1, 0.15) is 92.9 Å². The molecule has 3 fully saturated rings. The Bertz CT molecular complexity index is 2220. The van der Waals surface area contributed by atoms with Gasteiger partial charge in [0.25, 0.3) is 0 Å². The molecular formula is C46H47N5. The van der Waals surface area contributed by atoms with Crippen LogP contribution in [0, 0.1) is 5.92 Å². The number of nitrogens with zero attached hydrogens (tertiary/aromatic N) is 5. The van der Waals surface area contributed by atoms with Gasteiger partial charge < -0.3 is 4.90 Å². The zero-order valence-corrected chi connectivity index (χ0v) is 29.7. The maximum absolute atomic E-state index is 5.44. The molecule has 1 aromatic carbocycles. The van der Waals surface area contributed by atoms with E-state index in [1.54, 1.807) is 5.57 Å². The predicted octanol–water partition coefficient (Wildman–Crippen LogP) is 9.42. The monoisotopic (exact) mass is 669 g/mol. The lowest BCUT2D eigenvalue weighted by Gasteiger charge is -2.43. The fraction of sp³-hybridized carbons (Fsp3) is 0.391. The third kappa shape index (κ3) is 4.69. The van der Waals surface area contributed by atoms with E-state index < -0.39 is 0 Å². The summed E-state index contributed by atoms with van der Waals surface area (Å²) in [5, 5.41) is 1.33. The van der Waals surface area contributed by atoms with E-state index >= 15 is 0 Å². The zero-order chi connectivity index (χ0) is 33.7. The summed E-state index contributed by atoms with van der Waals surface area (Å²) in [5.74, 6) is 3.47. The van der Waals surface area contributed by atoms with Crippen molar-refractivity contribution in [3.05, 3.63) is 142 Å². The molecule has 0 saturated carbocycles. The minimum absolute atomic E-state index is 0.0262. The molecule has 51 heavy (non-hydrogen) atoms. The molecule has 0 bridgehead atoms. The summed E-state index contributed by atoms with van der Waals surface area (Å²) in [6.07, 6.45) is 38.7. The number of aromatic nitrogens is 3. The molecule has 5 aliphatic carbocycles. The first-order valence-corrected chi connectivity index (χ1v) is 19.7. The molecule has 0 radical (unpaired) electrons. The zero-order valence-electron chi connectivity index (χ0n) is 29.7. The van der Waals surface area contributed by atoms with Crippen molar-refractivity contribution in [3.63, 3.8) is 0 Å². The van der Waals surface area contributed by atoms with Gasteiger partial charge in [-0.3, -0.25) is 9.47 Å². The highest BCUT2D eigenvalue weighted by atomic mass is 15.3. The lowest BCUT2D eigenvalue weighted by molar-refractivity contribution is 0.190. The van der Waals surface area contributed by atoms with Crippen LogP contribution < -0.4 is 0 Å². The largest absolute Gasteiger partial charge is 0.358 e. The van der Waals surface area contributed by atoms with Gasteiger partial charge in [0.05, 0.1) is 22.8 Å². The fourth-order valence-electron chi connectivity index (χ4n) is 10.9. The van der Waals surface area contributed by atoms with Crippen LogP contribution in [0.5, 0.6) is 0 Å². The van der Waals surface area contributed by atoms with Crippen molar-refractivity contribution in [2.24, 2.45) is 5.92 Å². The average Bonchev–Trinajstić information content (AvgIpc) is 3.58. The SMILES string of the molecule is CC12CC=CC=C1C1C=CC(C3=Cc4c(n(-c5cc(C6CC[N@]7CC67)nc([C@@H]6CC=CCC6)n5)c5ccccc45)CC3)=C[C@H]1N2C1=CC=CCC1. The maximum atomic E-state index is 5.44. The molecule has 0 amide bonds. The highest BCUT2D eigenvalue weighted by Gasteiger charge is 2.52. The van der Waals surface area contributed by atoms with E-state index in [4.69, 9.17) is 9.97 Å². The minimum atomic E-state index is 0.0262. The van der Waals surface area contributed by atoms with Crippen molar-refractivity contribution in [2.75, 3.05) is 13.1 Å². The highest BCUT2D eigenvalue weighted by Crippen LogP contribution is 2.53. The summed E-state index contributed by atoms with van der Waals surface area (Å²) in [7, 11) is 0. The Morgan fingerprint density at radius 1 is 0.922 bits per heavy atom. The van der Waals surface area contributed by atoms with E-state index in [0.29, 0.717) is 29.8 Å². The Balaban J connectivity index is 1.01. The summed E-state index contributed by atoms with van der Waals surface area (Å²) >= 11 is 0. The first-order valence-electron chi connectivity index (χ1n) is 19.7. The quantitative estimate of drug-likeness (QED) is 0.200. The van der Waals surface area contributed by atoms with Gasteiger partial charge in [0.1, 0.15) is 11.6 Å². The number of benzene rings is 1. The second-order valence-electron chi connectivity index (χ2n) is 16.4. The van der Waals surface area contributed by atoms with Gasteiger partial charge in [0, 0.05) is 58.7 Å². The van der Waals surface area contributed by atoms with Gasteiger partial charge in [0.15, 0.2) is 0 Å². The van der Waals surface area contributed by atoms with Gasteiger partial charge in [0.2, 0.25) is 0 Å². The number of fused-ring (bicyclic) bond motifs is 7. The van der Waals surface area contributed by atoms with Crippen LogP contribution in [-0.2, 0) is 6.42 Å². The summed E-state index contributed by atoms with van der Waals surface area (Å²) in [6.45, 7) is 4.91. The summed E-state index contributed by atoms with van der Waals surface area (Å²) < 4.78 is 2.51. The van der Waals surface area contributed by atoms with Gasteiger partial charge in [-0.15, -0.1) is 0 Å². The number of likely N-dealkylation sites (tertiary alicyclic amines) is 1. The van der Waals surface area contributed by atoms with Crippen LogP contribution in [-0.4, -0.2) is 55.0 Å². The second-order valence-corrected chi connectivity index (χ2v) is 16.4. The second kappa shape index (κ2) is 11.5. The van der Waals surface area contributed by atoms with Crippen molar-refractivity contribution in [1.82, 2.24) is 24.3 Å². The van der Waals surface area contributed by atoms with E-state index in [9.17, 15) is 0 Å². The average molecular weight is 670 g/mol. The highest BCUT2D eigenvalue weighted by molar-refractivity contribution is 5.94. The number of allylic oxidation sites excluding steroid dienone is 11. The Morgan fingerprint density at radius 3 is 2.71 bits per heavy atom. The maximum Gasteiger partial charge on any atom is 0.141 e. The Kier molecular flexibility index (Phi) is 6.81. The Hall–Kier alpha value is -4.48. The van der Waals surface area contributed by atoms with Crippen LogP contribution in [0.4, 0.5) is 0 Å². The van der Waals surface area contributed by atoms with Crippen LogP contribution in [0.3, 0.4) is 0 Å². The van der Waals surface area contributed by atoms with Gasteiger partial charge in [-0.25, -0.2) is 9.97 Å². The van der Waals surface area contributed by atoms with Crippen LogP contribution >= 0.6 is 0 Å². The number of rotatable bonds is 5. The smallest absolute Gasteiger partial charge is 0.141 e. The fourth-order valence-corrected chi connectivity index (χ4v) is 10.9. The Morgan fingerprint density at radius 2 is 1.86 bits per heavy atom. The lowest BCUT2D eigenvalue weighted by Crippen LogP contribution is -2.45. The topological polar surface area (TPSA) is 37.0 Å². The summed E-state index contributed by atoms with van der Waals surface area (Å²) in [4.78, 5) is 16.2. The lowest BCUT2D eigenvalue weighted by atomic mass is 9.78. The molecule has 4 unspecified atom stereocenters. The molecule has 11 rings (SSSR count). The number of piperidine rings is 1. The summed E-state index contributed by atoms with van der Waals surface area (Å²) in [5.41, 5.74) is 11.2. The predicted molar refractivity (Wildman–Crippen MR) is 207 cm³/mol. The third-order valence-corrected chi connectivity index (χ3v) is 13.5. The molecule has 3 saturated heterocycles. The molecule has 5 nitrogen and oxygen atoms in total. The van der Waals surface area contributed by atoms with Crippen molar-refractivity contribution < 1.29 is 0 Å². The van der Waals surface area contributed by atoms with Crippen LogP contribution in [0.25, 0.3) is 22.8 Å². The van der Waals surface area contributed by atoms with Gasteiger partial charge in [-0.2, -0.15) is 0 Å². The molecule has 3 aromatic rings. The number of para-hydroxylation sites is 1. The molecule has 2 aromatic heterocycles. The first-order chi connectivity index (χ1) is 25.1. The van der Waals surface area contributed by atoms with E-state index in [1.807, 2.05) is 0 Å². The van der Waals surface area contributed by atoms with Crippen molar-refractivity contribution in [3.8, 4) is 5.82 Å². The molecular weight excluding hydrogens is 623 g/mol. The van der Waals surface area contributed by atoms with Crippen molar-refractivity contribution in [2.45, 2.75) is 94.2 Å². The molecule has 256 valence electrons. The molecule has 3 aliphatic heterocycles. The molecule has 0 spiro atoms. The Labute approximate surface area is 301 Å². The molecule has 5 heteroatoms. The van der Waals surface area contributed by atoms with E-state index in [0.717, 1.165) is 63.0 Å². The normalized spacial score (nSPS) is 32.9. The molecule has 5 heterocycles. The van der Waals surface area contributed by atoms with E-state index in [1.165, 1.54) is 64.2 Å². The standard InChI is InChI=1S/C46H47N5/c1-46-24-11-10-17-38(46)35-21-19-32(27-42(35)51(46)33-14-6-3-7-15-33)31-20-22-41-37(26-31)34-16-8-9-18-40(34)50(41)44-28-39(36-23-25-49-29-43(36)49)47-45(48-44)30-12-4-2-5-13-30/h2-4,6,8-11,14,16-19,21,26-28,30,35-36,42-43H,5,7,12-13,15,20,22-25,29H2,1H3/t30-,35?,36?,42-,43?,46?,49-/m1/s1. The minimum Gasteiger partial charge on any atom is -0.358 e. The molecule has 0 N–H and O–H groups in total. The number of hydrogen-bond donors (Lipinski definition) is 0. The van der Waals surface area contributed by atoms with Crippen molar-refractivity contribution in [1.29, 1.82) is 0 Å². The third-order valence-electron chi connectivity index (χ3n) is 13.5. The van der Waals surface area contributed by atoms with E-state index in [2.05, 4.69) is 125 Å². The molecule has 8 aliphatic rings. The van der Waals surface area contributed by atoms with E-state index in [-0.39, 0.29) is 5.54 Å². The van der Waals surface area contributed by atoms with Gasteiger partial charge >= 0.3 is 0 Å². The molecule has 7 atom stereocenters. The van der Waals surface area contributed by atoms with Gasteiger partial charge in [-0.05, 0) is 106 Å². The summed E-state index contributed by atoms with van der Waals surface area (Å²) in [6, 6.07) is 12.4.